The van der Waals surface area contributed by atoms with Gasteiger partial charge < -0.3 is 20.3 Å². The average Bonchev–Trinajstić information content (AvgIpc) is 2.73. The summed E-state index contributed by atoms with van der Waals surface area (Å²) in [5, 5.41) is 0.966. The van der Waals surface area contributed by atoms with E-state index in [1.807, 2.05) is 11.8 Å². The van der Waals surface area contributed by atoms with Crippen molar-refractivity contribution in [3.05, 3.63) is 4.88 Å². The summed E-state index contributed by atoms with van der Waals surface area (Å²) in [7, 11) is 5.07. The number of nitrogen functional groups attached to an aromatic ring is 1. The zero-order chi connectivity index (χ0) is 15.8. The second kappa shape index (κ2) is 5.96. The Morgan fingerprint density at radius 1 is 1.43 bits per heavy atom. The summed E-state index contributed by atoms with van der Waals surface area (Å²) in [5.74, 6) is 1.62. The lowest BCUT2D eigenvalue weighted by molar-refractivity contribution is 0.0833. The lowest BCUT2D eigenvalue weighted by atomic mass is 10.2. The summed E-state index contributed by atoms with van der Waals surface area (Å²) in [6.07, 6.45) is 0. The van der Waals surface area contributed by atoms with E-state index in [1.165, 1.54) is 11.3 Å². The van der Waals surface area contributed by atoms with Crippen LogP contribution in [0.1, 0.15) is 23.5 Å². The van der Waals surface area contributed by atoms with Crippen LogP contribution >= 0.6 is 23.1 Å². The number of hydrogen-bond acceptors (Lipinski definition) is 6. The number of thiophene rings is 1. The van der Waals surface area contributed by atoms with E-state index in [4.69, 9.17) is 10.5 Å². The maximum atomic E-state index is 12.2. The van der Waals surface area contributed by atoms with E-state index < -0.39 is 0 Å². The first-order chi connectivity index (χ1) is 9.76. The highest BCUT2D eigenvalue weighted by Gasteiger charge is 2.32. The van der Waals surface area contributed by atoms with Gasteiger partial charge in [0.1, 0.15) is 15.6 Å². The number of methoxy groups -OCH3 is 1. The second-order valence-electron chi connectivity index (χ2n) is 5.91. The number of amides is 1. The molecular formula is C14H23N3O2S2. The van der Waals surface area contributed by atoms with Crippen LogP contribution in [0.15, 0.2) is 0 Å². The third-order valence-electron chi connectivity index (χ3n) is 3.40. The summed E-state index contributed by atoms with van der Waals surface area (Å²) in [6, 6.07) is 0. The molecule has 118 valence electrons. The summed E-state index contributed by atoms with van der Waals surface area (Å²) in [6.45, 7) is 6.34. The highest BCUT2D eigenvalue weighted by molar-refractivity contribution is 8.00. The van der Waals surface area contributed by atoms with Crippen molar-refractivity contribution >= 4 is 39.7 Å². The Labute approximate surface area is 134 Å². The van der Waals surface area contributed by atoms with Crippen molar-refractivity contribution < 1.29 is 9.53 Å². The van der Waals surface area contributed by atoms with Crippen LogP contribution < -0.4 is 15.4 Å². The number of nitrogens with two attached hydrogens (primary N) is 1. The number of carbonyl (C=O) groups is 1. The third kappa shape index (κ3) is 3.23. The molecular weight excluding hydrogens is 306 g/mol. The molecule has 21 heavy (non-hydrogen) atoms. The minimum Gasteiger partial charge on any atom is -0.492 e. The maximum Gasteiger partial charge on any atom is 0.265 e. The molecule has 0 saturated carbocycles. The quantitative estimate of drug-likeness (QED) is 0.922. The summed E-state index contributed by atoms with van der Waals surface area (Å²) in [4.78, 5) is 16.6. The van der Waals surface area contributed by atoms with Gasteiger partial charge in [0.15, 0.2) is 5.75 Å². The lowest BCUT2D eigenvalue weighted by Gasteiger charge is -2.38. The normalized spacial score (nSPS) is 17.7. The molecule has 7 heteroatoms. The van der Waals surface area contributed by atoms with E-state index in [9.17, 15) is 4.79 Å². The predicted molar refractivity (Wildman–Crippen MR) is 92.1 cm³/mol. The van der Waals surface area contributed by atoms with Crippen molar-refractivity contribution in [2.45, 2.75) is 18.6 Å². The largest absolute Gasteiger partial charge is 0.492 e. The van der Waals surface area contributed by atoms with Crippen molar-refractivity contribution in [1.29, 1.82) is 0 Å². The van der Waals surface area contributed by atoms with Gasteiger partial charge in [-0.05, 0) is 13.8 Å². The van der Waals surface area contributed by atoms with Crippen LogP contribution in [0.5, 0.6) is 5.75 Å². The minimum atomic E-state index is -0.0762. The van der Waals surface area contributed by atoms with Gasteiger partial charge >= 0.3 is 0 Å². The van der Waals surface area contributed by atoms with Gasteiger partial charge in [-0.15, -0.1) is 11.3 Å². The molecule has 0 aliphatic carbocycles. The fraction of sp³-hybridized carbons (Fsp3) is 0.643. The van der Waals surface area contributed by atoms with Crippen LogP contribution in [0.25, 0.3) is 0 Å². The Morgan fingerprint density at radius 2 is 2.10 bits per heavy atom. The molecule has 1 aromatic heterocycles. The van der Waals surface area contributed by atoms with Crippen molar-refractivity contribution in [2.75, 3.05) is 50.7 Å². The topological polar surface area (TPSA) is 58.8 Å². The molecule has 0 radical (unpaired) electrons. The number of hydrogen-bond donors (Lipinski definition) is 1. The van der Waals surface area contributed by atoms with E-state index in [2.05, 4.69) is 18.7 Å². The molecule has 0 unspecified atom stereocenters. The standard InChI is InChI=1S/C14H23N3O2S2/c1-14(2)8-17(6-7-20-14)13-10(19-5)9(15)11(21-13)12(18)16(3)4/h6-8,15H2,1-5H3. The summed E-state index contributed by atoms with van der Waals surface area (Å²) < 4.78 is 5.66. The van der Waals surface area contributed by atoms with Gasteiger partial charge in [-0.2, -0.15) is 11.8 Å². The van der Waals surface area contributed by atoms with Crippen LogP contribution in [0.3, 0.4) is 0 Å². The van der Waals surface area contributed by atoms with Crippen molar-refractivity contribution in [3.8, 4) is 5.75 Å². The molecule has 1 fully saturated rings. The fourth-order valence-corrected chi connectivity index (χ4v) is 4.72. The van der Waals surface area contributed by atoms with Crippen LogP contribution in [0.2, 0.25) is 0 Å². The fourth-order valence-electron chi connectivity index (χ4n) is 2.37. The molecule has 1 aromatic rings. The van der Waals surface area contributed by atoms with Gasteiger partial charge in [-0.1, -0.05) is 0 Å². The molecule has 0 aromatic carbocycles. The number of anilines is 2. The number of thioether (sulfide) groups is 1. The lowest BCUT2D eigenvalue weighted by Crippen LogP contribution is -2.42. The van der Waals surface area contributed by atoms with Gasteiger partial charge in [-0.25, -0.2) is 0 Å². The molecule has 5 nitrogen and oxygen atoms in total. The molecule has 0 bridgehead atoms. The van der Waals surface area contributed by atoms with Crippen LogP contribution in [-0.2, 0) is 0 Å². The van der Waals surface area contributed by atoms with Crippen LogP contribution in [0, 0.1) is 0 Å². The molecule has 1 saturated heterocycles. The Hall–Kier alpha value is -1.08. The third-order valence-corrected chi connectivity index (χ3v) is 5.93. The van der Waals surface area contributed by atoms with E-state index in [-0.39, 0.29) is 10.7 Å². The zero-order valence-corrected chi connectivity index (χ0v) is 14.9. The number of nitrogens with zero attached hydrogens (tertiary/aromatic N) is 2. The molecule has 0 atom stereocenters. The molecule has 2 heterocycles. The number of rotatable bonds is 3. The second-order valence-corrected chi connectivity index (χ2v) is 8.71. The Bertz CT molecular complexity index is 541. The summed E-state index contributed by atoms with van der Waals surface area (Å²) in [5.41, 5.74) is 6.58. The Morgan fingerprint density at radius 3 is 2.62 bits per heavy atom. The van der Waals surface area contributed by atoms with Gasteiger partial charge in [-0.3, -0.25) is 4.79 Å². The monoisotopic (exact) mass is 329 g/mol. The highest BCUT2D eigenvalue weighted by Crippen LogP contribution is 2.47. The minimum absolute atomic E-state index is 0.0762. The molecule has 2 rings (SSSR count). The van der Waals surface area contributed by atoms with Crippen molar-refractivity contribution in [1.82, 2.24) is 4.90 Å². The van der Waals surface area contributed by atoms with E-state index in [0.717, 1.165) is 23.8 Å². The number of carbonyl (C=O) groups excluding carboxylic acids is 1. The molecule has 2 N–H and O–H groups in total. The Balaban J connectivity index is 2.39. The smallest absolute Gasteiger partial charge is 0.265 e. The van der Waals surface area contributed by atoms with Gasteiger partial charge in [0.25, 0.3) is 5.91 Å². The molecule has 0 spiro atoms. The van der Waals surface area contributed by atoms with E-state index in [0.29, 0.717) is 16.3 Å². The van der Waals surface area contributed by atoms with Crippen molar-refractivity contribution in [3.63, 3.8) is 0 Å². The van der Waals surface area contributed by atoms with Gasteiger partial charge in [0.2, 0.25) is 0 Å². The number of ether oxygens (including phenoxy) is 1. The predicted octanol–water partition coefficient (Wildman–Crippen LogP) is 2.37. The van der Waals surface area contributed by atoms with Crippen molar-refractivity contribution in [2.24, 2.45) is 0 Å². The van der Waals surface area contributed by atoms with Gasteiger partial charge in [0.05, 0.1) is 7.11 Å². The van der Waals surface area contributed by atoms with E-state index in [1.54, 1.807) is 26.1 Å². The van der Waals surface area contributed by atoms with Crippen LogP contribution in [0.4, 0.5) is 10.7 Å². The molecule has 1 amide bonds. The summed E-state index contributed by atoms with van der Waals surface area (Å²) >= 11 is 3.40. The first-order valence-electron chi connectivity index (χ1n) is 6.83. The first kappa shape index (κ1) is 16.3. The Kier molecular flexibility index (Phi) is 4.63. The van der Waals surface area contributed by atoms with E-state index >= 15 is 0 Å². The molecule has 1 aliphatic rings. The maximum absolute atomic E-state index is 12.2. The zero-order valence-electron chi connectivity index (χ0n) is 13.2. The average molecular weight is 329 g/mol. The first-order valence-corrected chi connectivity index (χ1v) is 8.64. The molecule has 1 aliphatic heterocycles. The highest BCUT2D eigenvalue weighted by atomic mass is 32.2. The van der Waals surface area contributed by atoms with Gasteiger partial charge in [0, 0.05) is 37.7 Å². The SMILES string of the molecule is COc1c(N2CCSC(C)(C)C2)sc(C(=O)N(C)C)c1N. The van der Waals surface area contributed by atoms with Crippen LogP contribution in [-0.4, -0.2) is 55.6 Å².